The molecule has 4 nitrogen and oxygen atoms in total. The zero-order valence-electron chi connectivity index (χ0n) is 11.2. The molecule has 1 saturated heterocycles. The molecule has 0 saturated carbocycles. The molecule has 1 amide bonds. The van der Waals surface area contributed by atoms with Crippen LogP contribution < -0.4 is 0 Å². The van der Waals surface area contributed by atoms with Crippen LogP contribution in [0.5, 0.6) is 0 Å². The van der Waals surface area contributed by atoms with Crippen molar-refractivity contribution < 1.29 is 4.79 Å². The Morgan fingerprint density at radius 2 is 2.35 bits per heavy atom. The van der Waals surface area contributed by atoms with Gasteiger partial charge in [0.15, 0.2) is 0 Å². The molecule has 2 aliphatic heterocycles. The second-order valence-electron chi connectivity index (χ2n) is 5.58. The minimum absolute atomic E-state index is 0.167. The zero-order valence-corrected chi connectivity index (χ0v) is 12.1. The van der Waals surface area contributed by atoms with Crippen molar-refractivity contribution in [3.63, 3.8) is 0 Å². The van der Waals surface area contributed by atoms with E-state index in [4.69, 9.17) is 0 Å². The van der Waals surface area contributed by atoms with E-state index in [0.717, 1.165) is 41.0 Å². The molecule has 2 bridgehead atoms. The fourth-order valence-corrected chi connectivity index (χ4v) is 4.25. The molecule has 20 heavy (non-hydrogen) atoms. The Morgan fingerprint density at radius 1 is 1.45 bits per heavy atom. The Bertz CT molecular complexity index is 681. The van der Waals surface area contributed by atoms with E-state index in [2.05, 4.69) is 14.9 Å². The Kier molecular flexibility index (Phi) is 2.63. The van der Waals surface area contributed by atoms with E-state index in [9.17, 15) is 4.79 Å². The standard InChI is InChI=1S/C15H15N3OS/c1-9-4-14(20-7-9)15(19)18-10-2-3-13(18)11-6-16-8-17-12(11)5-10/h4,6-8,10,13H,2-3,5H2,1H3. The number of nitrogens with zero attached hydrogens (tertiary/aromatic N) is 3. The summed E-state index contributed by atoms with van der Waals surface area (Å²) < 4.78 is 0. The molecule has 0 radical (unpaired) electrons. The minimum atomic E-state index is 0.167. The van der Waals surface area contributed by atoms with Gasteiger partial charge in [0.2, 0.25) is 0 Å². The van der Waals surface area contributed by atoms with Crippen LogP contribution in [0.1, 0.15) is 45.4 Å². The molecular formula is C15H15N3OS. The number of rotatable bonds is 1. The average molecular weight is 285 g/mol. The van der Waals surface area contributed by atoms with Crippen molar-refractivity contribution in [3.05, 3.63) is 45.7 Å². The Balaban J connectivity index is 1.73. The number of thiophene rings is 1. The van der Waals surface area contributed by atoms with Crippen LogP contribution in [-0.4, -0.2) is 26.8 Å². The normalized spacial score (nSPS) is 23.8. The predicted octanol–water partition coefficient (Wildman–Crippen LogP) is 2.75. The van der Waals surface area contributed by atoms with Crippen LogP contribution in [0.15, 0.2) is 24.0 Å². The van der Waals surface area contributed by atoms with Crippen LogP contribution in [0.3, 0.4) is 0 Å². The van der Waals surface area contributed by atoms with Crippen molar-refractivity contribution in [2.24, 2.45) is 0 Å². The molecule has 2 aromatic heterocycles. The summed E-state index contributed by atoms with van der Waals surface area (Å²) in [5, 5.41) is 2.04. The average Bonchev–Trinajstić information content (AvgIpc) is 3.02. The van der Waals surface area contributed by atoms with E-state index in [0.29, 0.717) is 6.04 Å². The van der Waals surface area contributed by atoms with E-state index in [1.807, 2.05) is 24.6 Å². The summed E-state index contributed by atoms with van der Waals surface area (Å²) in [6.07, 6.45) is 6.45. The number of hydrogen-bond acceptors (Lipinski definition) is 4. The lowest BCUT2D eigenvalue weighted by Gasteiger charge is -2.35. The second kappa shape index (κ2) is 4.38. The van der Waals surface area contributed by atoms with Crippen molar-refractivity contribution in [2.75, 3.05) is 0 Å². The Morgan fingerprint density at radius 3 is 3.15 bits per heavy atom. The largest absolute Gasteiger partial charge is 0.327 e. The van der Waals surface area contributed by atoms with E-state index in [1.165, 1.54) is 0 Å². The third kappa shape index (κ3) is 1.69. The third-order valence-corrected chi connectivity index (χ3v) is 5.33. The van der Waals surface area contributed by atoms with Gasteiger partial charge in [0.1, 0.15) is 6.33 Å². The first-order valence-electron chi connectivity index (χ1n) is 6.90. The fourth-order valence-electron chi connectivity index (χ4n) is 3.40. The third-order valence-electron chi connectivity index (χ3n) is 4.29. The molecule has 2 aromatic rings. The first kappa shape index (κ1) is 12.0. The van der Waals surface area contributed by atoms with Crippen molar-refractivity contribution >= 4 is 17.2 Å². The topological polar surface area (TPSA) is 46.1 Å². The maximum absolute atomic E-state index is 12.8. The summed E-state index contributed by atoms with van der Waals surface area (Å²) in [6, 6.07) is 2.46. The van der Waals surface area contributed by atoms with Crippen molar-refractivity contribution in [3.8, 4) is 0 Å². The van der Waals surface area contributed by atoms with E-state index in [1.54, 1.807) is 17.7 Å². The molecule has 4 rings (SSSR count). The van der Waals surface area contributed by atoms with Gasteiger partial charge < -0.3 is 4.90 Å². The fraction of sp³-hybridized carbons (Fsp3) is 0.400. The molecular weight excluding hydrogens is 270 g/mol. The lowest BCUT2D eigenvalue weighted by Crippen LogP contribution is -2.42. The van der Waals surface area contributed by atoms with Crippen LogP contribution in [-0.2, 0) is 6.42 Å². The van der Waals surface area contributed by atoms with E-state index < -0.39 is 0 Å². The molecule has 1 fully saturated rings. The van der Waals surface area contributed by atoms with Gasteiger partial charge in [-0.25, -0.2) is 9.97 Å². The van der Waals surface area contributed by atoms with Gasteiger partial charge in [0.05, 0.1) is 16.6 Å². The van der Waals surface area contributed by atoms with Gasteiger partial charge in [0, 0.05) is 24.2 Å². The number of hydrogen-bond donors (Lipinski definition) is 0. The molecule has 2 aliphatic rings. The lowest BCUT2D eigenvalue weighted by atomic mass is 9.99. The van der Waals surface area contributed by atoms with Crippen LogP contribution >= 0.6 is 11.3 Å². The maximum Gasteiger partial charge on any atom is 0.264 e. The highest BCUT2D eigenvalue weighted by atomic mass is 32.1. The number of aryl methyl sites for hydroxylation is 1. The molecule has 0 spiro atoms. The first-order chi connectivity index (χ1) is 9.74. The highest BCUT2D eigenvalue weighted by Crippen LogP contribution is 2.43. The molecule has 0 aliphatic carbocycles. The predicted molar refractivity (Wildman–Crippen MR) is 76.7 cm³/mol. The molecule has 2 atom stereocenters. The summed E-state index contributed by atoms with van der Waals surface area (Å²) >= 11 is 1.54. The molecule has 0 N–H and O–H groups in total. The summed E-state index contributed by atoms with van der Waals surface area (Å²) in [7, 11) is 0. The number of aromatic nitrogens is 2. The van der Waals surface area contributed by atoms with Crippen LogP contribution in [0.4, 0.5) is 0 Å². The summed E-state index contributed by atoms with van der Waals surface area (Å²) in [4.78, 5) is 24.2. The van der Waals surface area contributed by atoms with Gasteiger partial charge in [-0.15, -0.1) is 11.3 Å². The Labute approximate surface area is 121 Å². The van der Waals surface area contributed by atoms with Gasteiger partial charge >= 0.3 is 0 Å². The molecule has 4 heterocycles. The van der Waals surface area contributed by atoms with Gasteiger partial charge in [0.25, 0.3) is 5.91 Å². The molecule has 2 unspecified atom stereocenters. The van der Waals surface area contributed by atoms with Crippen LogP contribution in [0.25, 0.3) is 0 Å². The molecule has 5 heteroatoms. The Hall–Kier alpha value is -1.75. The summed E-state index contributed by atoms with van der Waals surface area (Å²) in [6.45, 7) is 2.03. The van der Waals surface area contributed by atoms with Gasteiger partial charge in [-0.2, -0.15) is 0 Å². The van der Waals surface area contributed by atoms with Crippen molar-refractivity contribution in [1.82, 2.24) is 14.9 Å². The second-order valence-corrected chi connectivity index (χ2v) is 6.49. The lowest BCUT2D eigenvalue weighted by molar-refractivity contribution is 0.0649. The first-order valence-corrected chi connectivity index (χ1v) is 7.78. The number of carbonyl (C=O) groups excluding carboxylic acids is 1. The van der Waals surface area contributed by atoms with Crippen molar-refractivity contribution in [1.29, 1.82) is 0 Å². The number of amides is 1. The summed E-state index contributed by atoms with van der Waals surface area (Å²) in [5.74, 6) is 0.171. The highest BCUT2D eigenvalue weighted by molar-refractivity contribution is 7.12. The number of carbonyl (C=O) groups is 1. The van der Waals surface area contributed by atoms with E-state index in [-0.39, 0.29) is 11.9 Å². The molecule has 102 valence electrons. The molecule has 0 aromatic carbocycles. The maximum atomic E-state index is 12.8. The minimum Gasteiger partial charge on any atom is -0.327 e. The smallest absolute Gasteiger partial charge is 0.264 e. The quantitative estimate of drug-likeness (QED) is 0.809. The number of fused-ring (bicyclic) bond motifs is 4. The monoisotopic (exact) mass is 285 g/mol. The zero-order chi connectivity index (χ0) is 13.7. The SMILES string of the molecule is Cc1csc(C(=O)N2C3CCC2c2cncnc2C3)c1. The van der Waals surface area contributed by atoms with Crippen LogP contribution in [0.2, 0.25) is 0 Å². The van der Waals surface area contributed by atoms with Crippen LogP contribution in [0, 0.1) is 6.92 Å². The van der Waals surface area contributed by atoms with E-state index >= 15 is 0 Å². The van der Waals surface area contributed by atoms with Gasteiger partial charge in [-0.1, -0.05) is 0 Å². The summed E-state index contributed by atoms with van der Waals surface area (Å²) in [5.41, 5.74) is 3.42. The van der Waals surface area contributed by atoms with Crippen molar-refractivity contribution in [2.45, 2.75) is 38.3 Å². The van der Waals surface area contributed by atoms with Gasteiger partial charge in [-0.05, 0) is 36.8 Å². The van der Waals surface area contributed by atoms with Gasteiger partial charge in [-0.3, -0.25) is 4.79 Å². The highest BCUT2D eigenvalue weighted by Gasteiger charge is 2.43.